The van der Waals surface area contributed by atoms with Crippen LogP contribution in [0.25, 0.3) is 10.9 Å². The smallest absolute Gasteiger partial charge is 0.185 e. The summed E-state index contributed by atoms with van der Waals surface area (Å²) in [5, 5.41) is 7.12. The van der Waals surface area contributed by atoms with Crippen LogP contribution in [0.5, 0.6) is 0 Å². The van der Waals surface area contributed by atoms with Crippen LogP contribution in [-0.4, -0.2) is 41.3 Å². The number of halogens is 1. The van der Waals surface area contributed by atoms with E-state index < -0.39 is 0 Å². The predicted molar refractivity (Wildman–Crippen MR) is 92.0 cm³/mol. The highest BCUT2D eigenvalue weighted by molar-refractivity contribution is 7.13. The number of nitrogens with zero attached hydrogens (tertiary/aromatic N) is 4. The van der Waals surface area contributed by atoms with Crippen LogP contribution in [0.2, 0.25) is 0 Å². The summed E-state index contributed by atoms with van der Waals surface area (Å²) in [5.74, 6) is 0.378. The molecule has 0 saturated carbocycles. The van der Waals surface area contributed by atoms with Crippen LogP contribution in [0.1, 0.15) is 5.69 Å². The number of thiazole rings is 1. The number of hydrogen-bond donors (Lipinski definition) is 1. The van der Waals surface area contributed by atoms with E-state index in [9.17, 15) is 4.39 Å². The highest BCUT2D eigenvalue weighted by Gasteiger charge is 2.14. The van der Waals surface area contributed by atoms with Crippen LogP contribution in [0, 0.1) is 5.82 Å². The maximum atomic E-state index is 13.3. The Morgan fingerprint density at radius 3 is 3.00 bits per heavy atom. The van der Waals surface area contributed by atoms with Gasteiger partial charge in [0.25, 0.3) is 0 Å². The molecule has 2 aromatic heterocycles. The Morgan fingerprint density at radius 1 is 1.25 bits per heavy atom. The van der Waals surface area contributed by atoms with Gasteiger partial charge in [-0.15, -0.1) is 11.3 Å². The Labute approximate surface area is 142 Å². The van der Waals surface area contributed by atoms with E-state index in [0.717, 1.165) is 42.5 Å². The predicted octanol–water partition coefficient (Wildman–Crippen LogP) is 2.67. The molecule has 8 heteroatoms. The molecule has 1 fully saturated rings. The standard InChI is InChI=1S/C16H16FN5OS/c17-11-1-2-13-14(7-11)19-10-20-15(13)18-8-12-9-24-16(21-12)22-3-5-23-6-4-22/h1-2,7,9-10H,3-6,8H2,(H,18,19,20). The first-order valence-electron chi connectivity index (χ1n) is 7.71. The number of fused-ring (bicyclic) bond motifs is 1. The van der Waals surface area contributed by atoms with Crippen LogP contribution in [0.3, 0.4) is 0 Å². The summed E-state index contributed by atoms with van der Waals surface area (Å²) >= 11 is 1.63. The van der Waals surface area contributed by atoms with E-state index in [2.05, 4.69) is 25.2 Å². The molecule has 124 valence electrons. The summed E-state index contributed by atoms with van der Waals surface area (Å²) in [6.07, 6.45) is 1.43. The number of benzene rings is 1. The minimum Gasteiger partial charge on any atom is -0.378 e. The molecular formula is C16H16FN5OS. The van der Waals surface area contributed by atoms with Gasteiger partial charge in [-0.1, -0.05) is 0 Å². The van der Waals surface area contributed by atoms with Gasteiger partial charge < -0.3 is 15.0 Å². The minimum absolute atomic E-state index is 0.304. The van der Waals surface area contributed by atoms with Gasteiger partial charge in [0.15, 0.2) is 5.13 Å². The highest BCUT2D eigenvalue weighted by atomic mass is 32.1. The molecule has 1 N–H and O–H groups in total. The van der Waals surface area contributed by atoms with Crippen molar-refractivity contribution in [2.24, 2.45) is 0 Å². The average Bonchev–Trinajstić information content (AvgIpc) is 3.09. The van der Waals surface area contributed by atoms with E-state index in [4.69, 9.17) is 4.74 Å². The van der Waals surface area contributed by atoms with Gasteiger partial charge in [0.1, 0.15) is 18.0 Å². The molecule has 24 heavy (non-hydrogen) atoms. The number of ether oxygens (including phenoxy) is 1. The zero-order valence-electron chi connectivity index (χ0n) is 12.9. The second-order valence-corrected chi connectivity index (χ2v) is 6.29. The summed E-state index contributed by atoms with van der Waals surface area (Å²) in [5.41, 5.74) is 1.54. The Kier molecular flexibility index (Phi) is 4.22. The maximum Gasteiger partial charge on any atom is 0.185 e. The van der Waals surface area contributed by atoms with E-state index in [1.54, 1.807) is 17.4 Å². The van der Waals surface area contributed by atoms with Crippen molar-refractivity contribution in [2.75, 3.05) is 36.5 Å². The second kappa shape index (κ2) is 6.66. The first kappa shape index (κ1) is 15.2. The largest absolute Gasteiger partial charge is 0.378 e. The molecule has 0 atom stereocenters. The van der Waals surface area contributed by atoms with Crippen LogP contribution < -0.4 is 10.2 Å². The van der Waals surface area contributed by atoms with Crippen molar-refractivity contribution in [3.8, 4) is 0 Å². The van der Waals surface area contributed by atoms with Gasteiger partial charge >= 0.3 is 0 Å². The Hall–Kier alpha value is -2.32. The summed E-state index contributed by atoms with van der Waals surface area (Å²) < 4.78 is 18.7. The molecule has 3 heterocycles. The molecule has 1 aromatic carbocycles. The lowest BCUT2D eigenvalue weighted by atomic mass is 10.2. The lowest BCUT2D eigenvalue weighted by Crippen LogP contribution is -2.36. The number of hydrogen-bond acceptors (Lipinski definition) is 7. The lowest BCUT2D eigenvalue weighted by Gasteiger charge is -2.26. The van der Waals surface area contributed by atoms with Gasteiger partial charge in [-0.3, -0.25) is 0 Å². The number of rotatable bonds is 4. The molecule has 6 nitrogen and oxygen atoms in total. The first-order valence-corrected chi connectivity index (χ1v) is 8.59. The van der Waals surface area contributed by atoms with Crippen molar-refractivity contribution in [2.45, 2.75) is 6.54 Å². The van der Waals surface area contributed by atoms with Crippen LogP contribution in [0.4, 0.5) is 15.3 Å². The van der Waals surface area contributed by atoms with Crippen molar-refractivity contribution in [3.63, 3.8) is 0 Å². The lowest BCUT2D eigenvalue weighted by molar-refractivity contribution is 0.122. The summed E-state index contributed by atoms with van der Waals surface area (Å²) in [7, 11) is 0. The second-order valence-electron chi connectivity index (χ2n) is 5.46. The molecule has 4 rings (SSSR count). The van der Waals surface area contributed by atoms with E-state index in [1.165, 1.54) is 18.5 Å². The SMILES string of the molecule is Fc1ccc2c(NCc3csc(N4CCOCC4)n3)ncnc2c1. The molecule has 1 saturated heterocycles. The van der Waals surface area contributed by atoms with E-state index in [1.807, 2.05) is 5.38 Å². The fraction of sp³-hybridized carbons (Fsp3) is 0.312. The summed E-state index contributed by atoms with van der Waals surface area (Å²) in [6.45, 7) is 3.81. The fourth-order valence-electron chi connectivity index (χ4n) is 2.62. The van der Waals surface area contributed by atoms with Gasteiger partial charge in [0, 0.05) is 29.9 Å². The quantitative estimate of drug-likeness (QED) is 0.784. The van der Waals surface area contributed by atoms with Crippen LogP contribution in [0.15, 0.2) is 29.9 Å². The van der Waals surface area contributed by atoms with Crippen molar-refractivity contribution in [3.05, 3.63) is 41.4 Å². The summed E-state index contributed by atoms with van der Waals surface area (Å²) in [4.78, 5) is 15.3. The van der Waals surface area contributed by atoms with Gasteiger partial charge in [0.2, 0.25) is 0 Å². The normalized spacial score (nSPS) is 15.0. The van der Waals surface area contributed by atoms with Crippen molar-refractivity contribution >= 4 is 33.2 Å². The van der Waals surface area contributed by atoms with Crippen LogP contribution >= 0.6 is 11.3 Å². The molecule has 1 aliphatic heterocycles. The third-order valence-corrected chi connectivity index (χ3v) is 4.81. The molecule has 1 aliphatic rings. The van der Waals surface area contributed by atoms with E-state index in [-0.39, 0.29) is 5.82 Å². The van der Waals surface area contributed by atoms with Crippen molar-refractivity contribution < 1.29 is 9.13 Å². The van der Waals surface area contributed by atoms with Gasteiger partial charge in [-0.05, 0) is 12.1 Å². The van der Waals surface area contributed by atoms with E-state index in [0.29, 0.717) is 17.9 Å². The maximum absolute atomic E-state index is 13.3. The average molecular weight is 345 g/mol. The molecule has 0 unspecified atom stereocenters. The molecule has 0 radical (unpaired) electrons. The molecule has 0 bridgehead atoms. The Bertz CT molecular complexity index is 849. The number of morpholine rings is 1. The monoisotopic (exact) mass is 345 g/mol. The van der Waals surface area contributed by atoms with Gasteiger partial charge in [-0.2, -0.15) is 0 Å². The Morgan fingerprint density at radius 2 is 2.12 bits per heavy atom. The van der Waals surface area contributed by atoms with E-state index >= 15 is 0 Å². The van der Waals surface area contributed by atoms with Crippen LogP contribution in [-0.2, 0) is 11.3 Å². The third-order valence-electron chi connectivity index (χ3n) is 3.86. The zero-order chi connectivity index (χ0) is 16.4. The fourth-order valence-corrected chi connectivity index (χ4v) is 3.50. The summed E-state index contributed by atoms with van der Waals surface area (Å²) in [6, 6.07) is 4.50. The number of aromatic nitrogens is 3. The topological polar surface area (TPSA) is 63.2 Å². The molecular weight excluding hydrogens is 329 g/mol. The van der Waals surface area contributed by atoms with Crippen molar-refractivity contribution in [1.29, 1.82) is 0 Å². The molecule has 0 aliphatic carbocycles. The zero-order valence-corrected chi connectivity index (χ0v) is 13.7. The minimum atomic E-state index is -0.304. The third kappa shape index (κ3) is 3.15. The molecule has 3 aromatic rings. The number of nitrogens with one attached hydrogen (secondary N) is 1. The van der Waals surface area contributed by atoms with Crippen molar-refractivity contribution in [1.82, 2.24) is 15.0 Å². The van der Waals surface area contributed by atoms with Gasteiger partial charge in [0.05, 0.1) is 31.0 Å². The number of anilines is 2. The molecule has 0 spiro atoms. The first-order chi connectivity index (χ1) is 11.8. The van der Waals surface area contributed by atoms with Gasteiger partial charge in [-0.25, -0.2) is 19.3 Å². The Balaban J connectivity index is 1.48. The highest BCUT2D eigenvalue weighted by Crippen LogP contribution is 2.23. The molecule has 0 amide bonds.